The van der Waals surface area contributed by atoms with Gasteiger partial charge in [0.2, 0.25) is 0 Å². The highest BCUT2D eigenvalue weighted by atomic mass is 16.5. The van der Waals surface area contributed by atoms with Crippen LogP contribution in [0, 0.1) is 11.8 Å². The number of benzene rings is 2. The van der Waals surface area contributed by atoms with Crippen LogP contribution in [0.25, 0.3) is 0 Å². The van der Waals surface area contributed by atoms with Crippen LogP contribution in [-0.2, 0) is 6.42 Å². The van der Waals surface area contributed by atoms with Crippen molar-refractivity contribution in [3.8, 4) is 23.0 Å². The summed E-state index contributed by atoms with van der Waals surface area (Å²) in [6, 6.07) is 9.97. The van der Waals surface area contributed by atoms with E-state index in [0.717, 1.165) is 60.3 Å². The lowest BCUT2D eigenvalue weighted by Crippen LogP contribution is -2.34. The first-order valence-corrected chi connectivity index (χ1v) is 19.7. The number of piperidine rings is 2. The Hall–Kier alpha value is -3.03. The van der Waals surface area contributed by atoms with Crippen LogP contribution in [0.5, 0.6) is 23.0 Å². The van der Waals surface area contributed by atoms with Crippen molar-refractivity contribution in [3.63, 3.8) is 0 Å². The molecule has 2 aromatic rings. The predicted molar refractivity (Wildman–Crippen MR) is 203 cm³/mol. The van der Waals surface area contributed by atoms with Crippen molar-refractivity contribution in [3.05, 3.63) is 58.7 Å². The van der Waals surface area contributed by atoms with Crippen LogP contribution >= 0.6 is 0 Å². The Kier molecular flexibility index (Phi) is 14.9. The summed E-state index contributed by atoms with van der Waals surface area (Å²) < 4.78 is 25.0. The molecule has 7 nitrogen and oxygen atoms in total. The van der Waals surface area contributed by atoms with E-state index in [1.54, 1.807) is 7.11 Å². The molecule has 3 aliphatic heterocycles. The zero-order valence-corrected chi connectivity index (χ0v) is 31.8. The highest BCUT2D eigenvalue weighted by Crippen LogP contribution is 2.46. The average Bonchev–Trinajstić information content (AvgIpc) is 3.10. The van der Waals surface area contributed by atoms with Crippen LogP contribution < -0.4 is 18.9 Å². The Morgan fingerprint density at radius 3 is 2.04 bits per heavy atom. The van der Waals surface area contributed by atoms with Crippen molar-refractivity contribution >= 4 is 5.78 Å². The molecule has 0 amide bonds. The van der Waals surface area contributed by atoms with Crippen LogP contribution in [0.4, 0.5) is 0 Å². The number of nitrogens with zero attached hydrogens (tertiary/aromatic N) is 2. The molecule has 0 radical (unpaired) electrons. The van der Waals surface area contributed by atoms with Gasteiger partial charge >= 0.3 is 0 Å². The van der Waals surface area contributed by atoms with Gasteiger partial charge < -0.3 is 28.7 Å². The van der Waals surface area contributed by atoms with Gasteiger partial charge in [0.15, 0.2) is 5.78 Å². The average molecular weight is 689 g/mol. The molecular weight excluding hydrogens is 624 g/mol. The molecule has 0 aliphatic carbocycles. The third-order valence-corrected chi connectivity index (χ3v) is 10.6. The van der Waals surface area contributed by atoms with E-state index in [9.17, 15) is 4.79 Å². The summed E-state index contributed by atoms with van der Waals surface area (Å²) in [4.78, 5) is 18.9. The van der Waals surface area contributed by atoms with E-state index in [0.29, 0.717) is 30.1 Å². The molecule has 7 heteroatoms. The van der Waals surface area contributed by atoms with Crippen LogP contribution in [0.2, 0.25) is 0 Å². The van der Waals surface area contributed by atoms with E-state index in [1.165, 1.54) is 89.8 Å². The summed E-state index contributed by atoms with van der Waals surface area (Å²) in [5, 5.41) is 0. The molecule has 0 saturated carbocycles. The van der Waals surface area contributed by atoms with Crippen LogP contribution in [0.15, 0.2) is 42.0 Å². The Morgan fingerprint density at radius 1 is 0.840 bits per heavy atom. The first-order chi connectivity index (χ1) is 24.3. The number of unbranched alkanes of at least 4 members (excludes halogenated alkanes) is 4. The van der Waals surface area contributed by atoms with Gasteiger partial charge in [-0.25, -0.2) is 0 Å². The van der Waals surface area contributed by atoms with Gasteiger partial charge in [-0.2, -0.15) is 0 Å². The fourth-order valence-electron chi connectivity index (χ4n) is 7.84. The number of hydrogen-bond acceptors (Lipinski definition) is 7. The SMILES string of the molecule is COc1cc(OCCCCCN2CCCC(C)C2)c(CC=C(C)C)c2c1C(=O)CC(c1ccc(OCCCCCN3CCCC(C)C3)cc1)O2. The minimum absolute atomic E-state index is 0.0319. The van der Waals surface area contributed by atoms with Gasteiger partial charge in [0.05, 0.1) is 26.7 Å². The van der Waals surface area contributed by atoms with Crippen LogP contribution in [0.1, 0.15) is 126 Å². The zero-order valence-electron chi connectivity index (χ0n) is 31.8. The van der Waals surface area contributed by atoms with Crippen LogP contribution in [-0.4, -0.2) is 75.2 Å². The number of likely N-dealkylation sites (tertiary alicyclic amines) is 2. The molecule has 2 fully saturated rings. The minimum atomic E-state index is -0.385. The van der Waals surface area contributed by atoms with Crippen molar-refractivity contribution < 1.29 is 23.7 Å². The van der Waals surface area contributed by atoms with E-state index >= 15 is 0 Å². The maximum Gasteiger partial charge on any atom is 0.174 e. The number of hydrogen-bond donors (Lipinski definition) is 0. The number of carbonyl (C=O) groups excluding carboxylic acids is 1. The molecule has 3 heterocycles. The van der Waals surface area contributed by atoms with Gasteiger partial charge in [-0.05, 0) is 140 Å². The van der Waals surface area contributed by atoms with Crippen molar-refractivity contribution in [2.24, 2.45) is 11.8 Å². The summed E-state index contributed by atoms with van der Waals surface area (Å²) >= 11 is 0. The van der Waals surface area contributed by atoms with Gasteiger partial charge in [0.25, 0.3) is 0 Å². The number of fused-ring (bicyclic) bond motifs is 1. The standard InChI is InChI=1S/C43H64N2O5/c1-32(2)16-21-37-40(49-27-11-7-9-23-45-25-13-15-34(4)31-45)29-41(47-5)42-38(46)28-39(50-43(37)42)35-17-19-36(20-18-35)48-26-10-6-8-22-44-24-12-14-33(3)30-44/h16-20,29,33-34,39H,6-15,21-28,30-31H2,1-5H3. The van der Waals surface area contributed by atoms with E-state index in [1.807, 2.05) is 30.3 Å². The Morgan fingerprint density at radius 2 is 1.46 bits per heavy atom. The molecule has 0 spiro atoms. The van der Waals surface area contributed by atoms with Gasteiger partial charge in [-0.15, -0.1) is 0 Å². The molecule has 5 rings (SSSR count). The fourth-order valence-corrected chi connectivity index (χ4v) is 7.84. The third-order valence-electron chi connectivity index (χ3n) is 10.6. The summed E-state index contributed by atoms with van der Waals surface area (Å²) in [5.41, 5.74) is 3.61. The number of rotatable bonds is 18. The molecular formula is C43H64N2O5. The van der Waals surface area contributed by atoms with Gasteiger partial charge in [-0.3, -0.25) is 4.79 Å². The zero-order chi connectivity index (χ0) is 35.3. The molecule has 50 heavy (non-hydrogen) atoms. The second-order valence-corrected chi connectivity index (χ2v) is 15.5. The number of methoxy groups -OCH3 is 1. The van der Waals surface area contributed by atoms with Crippen molar-refractivity contribution in [1.29, 1.82) is 0 Å². The molecule has 0 N–H and O–H groups in total. The lowest BCUT2D eigenvalue weighted by molar-refractivity contribution is 0.0841. The fraction of sp³-hybridized carbons (Fsp3) is 0.651. The van der Waals surface area contributed by atoms with E-state index in [-0.39, 0.29) is 18.3 Å². The second-order valence-electron chi connectivity index (χ2n) is 15.5. The molecule has 3 unspecified atom stereocenters. The largest absolute Gasteiger partial charge is 0.496 e. The Balaban J connectivity index is 1.17. The number of ether oxygens (including phenoxy) is 4. The second kappa shape index (κ2) is 19.5. The monoisotopic (exact) mass is 688 g/mol. The van der Waals surface area contributed by atoms with Crippen molar-refractivity contribution in [2.45, 2.75) is 111 Å². The molecule has 0 aromatic heterocycles. The Bertz CT molecular complexity index is 1380. The van der Waals surface area contributed by atoms with Gasteiger partial charge in [-0.1, -0.05) is 37.6 Å². The number of carbonyl (C=O) groups is 1. The molecule has 2 saturated heterocycles. The van der Waals surface area contributed by atoms with Crippen molar-refractivity contribution in [2.75, 3.05) is 59.6 Å². The molecule has 2 aromatic carbocycles. The quantitative estimate of drug-likeness (QED) is 0.114. The minimum Gasteiger partial charge on any atom is -0.496 e. The number of ketones is 1. The van der Waals surface area contributed by atoms with Gasteiger partial charge in [0, 0.05) is 24.7 Å². The topological polar surface area (TPSA) is 60.5 Å². The molecule has 0 bridgehead atoms. The highest BCUT2D eigenvalue weighted by Gasteiger charge is 2.34. The number of allylic oxidation sites excluding steroid dienone is 2. The smallest absolute Gasteiger partial charge is 0.174 e. The molecule has 276 valence electrons. The normalized spacial score (nSPS) is 21.3. The van der Waals surface area contributed by atoms with E-state index < -0.39 is 0 Å². The molecule has 3 atom stereocenters. The summed E-state index contributed by atoms with van der Waals surface area (Å²) in [6.45, 7) is 17.6. The third kappa shape index (κ3) is 11.2. The first kappa shape index (κ1) is 38.2. The number of Topliss-reactive ketones (excluding diaryl/α,β-unsaturated/α-hetero) is 1. The summed E-state index contributed by atoms with van der Waals surface area (Å²) in [6.07, 6.45) is 14.9. The first-order valence-electron chi connectivity index (χ1n) is 19.7. The van der Waals surface area contributed by atoms with Gasteiger partial charge in [0.1, 0.15) is 34.7 Å². The lowest BCUT2D eigenvalue weighted by Gasteiger charge is -2.30. The van der Waals surface area contributed by atoms with E-state index in [2.05, 4.69) is 43.6 Å². The predicted octanol–water partition coefficient (Wildman–Crippen LogP) is 9.47. The maximum absolute atomic E-state index is 13.7. The molecule has 3 aliphatic rings. The lowest BCUT2D eigenvalue weighted by atomic mass is 9.92. The van der Waals surface area contributed by atoms with Crippen LogP contribution in [0.3, 0.4) is 0 Å². The van der Waals surface area contributed by atoms with E-state index in [4.69, 9.17) is 18.9 Å². The summed E-state index contributed by atoms with van der Waals surface area (Å²) in [7, 11) is 1.61. The highest BCUT2D eigenvalue weighted by molar-refractivity contribution is 6.03. The summed E-state index contributed by atoms with van der Waals surface area (Å²) in [5.74, 6) is 4.40. The maximum atomic E-state index is 13.7. The van der Waals surface area contributed by atoms with Crippen molar-refractivity contribution in [1.82, 2.24) is 9.80 Å². The Labute approximate surface area is 302 Å².